The molecule has 0 saturated carbocycles. The quantitative estimate of drug-likeness (QED) is 0.843. The van der Waals surface area contributed by atoms with E-state index in [1.54, 1.807) is 17.0 Å². The van der Waals surface area contributed by atoms with Gasteiger partial charge in [0.1, 0.15) is 0 Å². The first kappa shape index (κ1) is 19.0. The summed E-state index contributed by atoms with van der Waals surface area (Å²) in [6.07, 6.45) is 0.812. The lowest BCUT2D eigenvalue weighted by atomic mass is 9.89. The molecule has 2 atom stereocenters. The average Bonchev–Trinajstić information content (AvgIpc) is 2.95. The summed E-state index contributed by atoms with van der Waals surface area (Å²) in [6.45, 7) is 5.66. The number of urea groups is 1. The van der Waals surface area contributed by atoms with Gasteiger partial charge in [0.05, 0.1) is 4.90 Å². The molecule has 28 heavy (non-hydrogen) atoms. The summed E-state index contributed by atoms with van der Waals surface area (Å²) in [5.74, 6) is 0.196. The number of amides is 2. The molecule has 0 aromatic heterocycles. The molecule has 2 unspecified atom stereocenters. The molecule has 2 heterocycles. The average molecular weight is 400 g/mol. The van der Waals surface area contributed by atoms with Crippen LogP contribution >= 0.6 is 0 Å². The zero-order valence-electron chi connectivity index (χ0n) is 16.3. The number of hydrogen-bond acceptors (Lipinski definition) is 4. The van der Waals surface area contributed by atoms with Gasteiger partial charge in [-0.15, -0.1) is 0 Å². The third-order valence-electron chi connectivity index (χ3n) is 5.72. The van der Waals surface area contributed by atoms with Crippen molar-refractivity contribution in [3.05, 3.63) is 59.2 Å². The lowest BCUT2D eigenvalue weighted by Gasteiger charge is -2.36. The van der Waals surface area contributed by atoms with Gasteiger partial charge in [-0.05, 0) is 57.6 Å². The second kappa shape index (κ2) is 6.90. The van der Waals surface area contributed by atoms with Gasteiger partial charge < -0.3 is 4.90 Å². The van der Waals surface area contributed by atoms with Crippen molar-refractivity contribution in [3.63, 3.8) is 0 Å². The van der Waals surface area contributed by atoms with Crippen molar-refractivity contribution in [1.82, 2.24) is 9.62 Å². The summed E-state index contributed by atoms with van der Waals surface area (Å²) >= 11 is 0. The van der Waals surface area contributed by atoms with Gasteiger partial charge in [0.15, 0.2) is 0 Å². The Hall–Kier alpha value is -2.38. The molecule has 2 aliphatic heterocycles. The first-order chi connectivity index (χ1) is 13.3. The molecule has 2 aromatic carbocycles. The van der Waals surface area contributed by atoms with Crippen molar-refractivity contribution < 1.29 is 13.2 Å². The third kappa shape index (κ3) is 3.29. The van der Waals surface area contributed by atoms with E-state index in [9.17, 15) is 13.2 Å². The van der Waals surface area contributed by atoms with Crippen LogP contribution < -0.4 is 9.62 Å². The van der Waals surface area contributed by atoms with E-state index in [-0.39, 0.29) is 16.9 Å². The molecule has 6 nitrogen and oxygen atoms in total. The van der Waals surface area contributed by atoms with Crippen molar-refractivity contribution in [2.24, 2.45) is 0 Å². The van der Waals surface area contributed by atoms with Gasteiger partial charge in [-0.2, -0.15) is 0 Å². The van der Waals surface area contributed by atoms with Gasteiger partial charge in [0, 0.05) is 24.2 Å². The van der Waals surface area contributed by atoms with Crippen molar-refractivity contribution >= 4 is 21.7 Å². The van der Waals surface area contributed by atoms with E-state index in [4.69, 9.17) is 0 Å². The fourth-order valence-electron chi connectivity index (χ4n) is 4.29. The van der Waals surface area contributed by atoms with Crippen molar-refractivity contribution in [3.8, 4) is 0 Å². The van der Waals surface area contributed by atoms with Crippen LogP contribution in [0.3, 0.4) is 0 Å². The SMILES string of the molecule is Cc1ccc(S(=O)(=O)NC(=O)N2c3ccc(C)cc3C3CN(C)CCC32)cc1. The van der Waals surface area contributed by atoms with Crippen LogP contribution in [0, 0.1) is 13.8 Å². The van der Waals surface area contributed by atoms with Gasteiger partial charge >= 0.3 is 6.03 Å². The normalized spacial score (nSPS) is 21.9. The second-order valence-corrected chi connectivity index (χ2v) is 9.56. The van der Waals surface area contributed by atoms with E-state index < -0.39 is 16.1 Å². The molecule has 148 valence electrons. The number of hydrogen-bond donors (Lipinski definition) is 1. The minimum absolute atomic E-state index is 0.0267. The Morgan fingerprint density at radius 1 is 1.07 bits per heavy atom. The molecular weight excluding hydrogens is 374 g/mol. The highest BCUT2D eigenvalue weighted by Gasteiger charge is 2.44. The topological polar surface area (TPSA) is 69.7 Å². The van der Waals surface area contributed by atoms with Crippen LogP contribution in [0.15, 0.2) is 47.4 Å². The maximum Gasteiger partial charge on any atom is 0.336 e. The number of carbonyl (C=O) groups excluding carboxylic acids is 1. The number of likely N-dealkylation sites (tertiary alicyclic amines) is 1. The fraction of sp³-hybridized carbons (Fsp3) is 0.381. The minimum Gasteiger partial charge on any atom is -0.306 e. The lowest BCUT2D eigenvalue weighted by Crippen LogP contribution is -2.51. The van der Waals surface area contributed by atoms with E-state index in [0.717, 1.165) is 41.9 Å². The van der Waals surface area contributed by atoms with Crippen LogP contribution in [0.25, 0.3) is 0 Å². The molecule has 0 spiro atoms. The fourth-order valence-corrected chi connectivity index (χ4v) is 5.23. The number of anilines is 1. The Bertz CT molecular complexity index is 1020. The number of carbonyl (C=O) groups is 1. The number of nitrogens with one attached hydrogen (secondary N) is 1. The molecule has 2 aromatic rings. The predicted molar refractivity (Wildman–Crippen MR) is 109 cm³/mol. The monoisotopic (exact) mass is 399 g/mol. The van der Waals surface area contributed by atoms with Gasteiger partial charge in [-0.25, -0.2) is 17.9 Å². The van der Waals surface area contributed by atoms with Crippen LogP contribution in [0.5, 0.6) is 0 Å². The number of benzene rings is 2. The molecule has 2 amide bonds. The molecule has 7 heteroatoms. The zero-order chi connectivity index (χ0) is 20.1. The molecule has 1 N–H and O–H groups in total. The smallest absolute Gasteiger partial charge is 0.306 e. The molecule has 0 bridgehead atoms. The minimum atomic E-state index is -3.92. The highest BCUT2D eigenvalue weighted by atomic mass is 32.2. The Morgan fingerprint density at radius 2 is 1.75 bits per heavy atom. The molecule has 1 fully saturated rings. The molecular formula is C21H25N3O3S. The predicted octanol–water partition coefficient (Wildman–Crippen LogP) is 3.01. The molecule has 2 aliphatic rings. The summed E-state index contributed by atoms with van der Waals surface area (Å²) < 4.78 is 27.7. The Labute approximate surface area is 166 Å². The van der Waals surface area contributed by atoms with Crippen LogP contribution in [0.2, 0.25) is 0 Å². The van der Waals surface area contributed by atoms with Crippen LogP contribution in [0.1, 0.15) is 29.0 Å². The first-order valence-electron chi connectivity index (χ1n) is 9.48. The largest absolute Gasteiger partial charge is 0.336 e. The summed E-state index contributed by atoms with van der Waals surface area (Å²) in [5, 5.41) is 0. The van der Waals surface area contributed by atoms with Crippen molar-refractivity contribution in [1.29, 1.82) is 0 Å². The van der Waals surface area contributed by atoms with Gasteiger partial charge in [-0.3, -0.25) is 4.90 Å². The van der Waals surface area contributed by atoms with Crippen LogP contribution in [0.4, 0.5) is 10.5 Å². The second-order valence-electron chi connectivity index (χ2n) is 7.88. The van der Waals surface area contributed by atoms with Gasteiger partial charge in [0.2, 0.25) is 0 Å². The summed E-state index contributed by atoms with van der Waals surface area (Å²) in [4.78, 5) is 17.1. The Morgan fingerprint density at radius 3 is 2.46 bits per heavy atom. The zero-order valence-corrected chi connectivity index (χ0v) is 17.2. The van der Waals surface area contributed by atoms with Crippen molar-refractivity contribution in [2.75, 3.05) is 25.0 Å². The molecule has 1 saturated heterocycles. The number of rotatable bonds is 2. The number of aryl methyl sites for hydroxylation is 2. The Balaban J connectivity index is 1.66. The maximum atomic E-state index is 13.1. The summed E-state index contributed by atoms with van der Waals surface area (Å²) in [6, 6.07) is 11.9. The lowest BCUT2D eigenvalue weighted by molar-refractivity contribution is 0.221. The standard InChI is InChI=1S/C21H25N3O3S/c1-14-4-7-16(8-5-14)28(26,27)22-21(25)24-19-9-6-15(2)12-17(19)18-13-23(3)11-10-20(18)24/h4-9,12,18,20H,10-11,13H2,1-3H3,(H,22,25). The van der Waals surface area contributed by atoms with E-state index in [0.29, 0.717) is 0 Å². The summed E-state index contributed by atoms with van der Waals surface area (Å²) in [7, 11) is -1.84. The number of sulfonamides is 1. The number of likely N-dealkylation sites (N-methyl/N-ethyl adjacent to an activating group) is 1. The van der Waals surface area contributed by atoms with Crippen LogP contribution in [-0.4, -0.2) is 45.5 Å². The van der Waals surface area contributed by atoms with E-state index in [1.165, 1.54) is 12.1 Å². The first-order valence-corrected chi connectivity index (χ1v) is 11.0. The van der Waals surface area contributed by atoms with Crippen LogP contribution in [-0.2, 0) is 10.0 Å². The molecule has 0 radical (unpaired) electrons. The van der Waals surface area contributed by atoms with Gasteiger partial charge in [-0.1, -0.05) is 35.4 Å². The Kier molecular flexibility index (Phi) is 4.67. The van der Waals surface area contributed by atoms with E-state index in [1.807, 2.05) is 26.0 Å². The third-order valence-corrected chi connectivity index (χ3v) is 7.06. The molecule has 4 rings (SSSR count). The molecule has 0 aliphatic carbocycles. The summed E-state index contributed by atoms with van der Waals surface area (Å²) in [5.41, 5.74) is 4.04. The van der Waals surface area contributed by atoms with E-state index >= 15 is 0 Å². The number of piperidine rings is 1. The number of nitrogens with zero attached hydrogens (tertiary/aromatic N) is 2. The van der Waals surface area contributed by atoms with Crippen molar-refractivity contribution in [2.45, 2.75) is 37.1 Å². The number of fused-ring (bicyclic) bond motifs is 3. The highest BCUT2D eigenvalue weighted by Crippen LogP contribution is 2.44. The maximum absolute atomic E-state index is 13.1. The van der Waals surface area contributed by atoms with Gasteiger partial charge in [0.25, 0.3) is 10.0 Å². The highest BCUT2D eigenvalue weighted by molar-refractivity contribution is 7.90. The van der Waals surface area contributed by atoms with E-state index in [2.05, 4.69) is 22.7 Å².